The molecule has 28 heavy (non-hydrogen) atoms. The summed E-state index contributed by atoms with van der Waals surface area (Å²) in [5.74, 6) is 0.591. The van der Waals surface area contributed by atoms with Crippen LogP contribution in [-0.4, -0.2) is 34.1 Å². The number of hydrogen-bond acceptors (Lipinski definition) is 5. The number of benzene rings is 2. The smallest absolute Gasteiger partial charge is 0.255 e. The summed E-state index contributed by atoms with van der Waals surface area (Å²) in [6.07, 6.45) is 0.0268. The first kappa shape index (κ1) is 21.7. The molecule has 0 saturated heterocycles. The first-order valence-electron chi connectivity index (χ1n) is 8.98. The van der Waals surface area contributed by atoms with Gasteiger partial charge in [-0.15, -0.1) is 0 Å². The molecule has 0 saturated carbocycles. The number of carbonyl (C=O) groups excluding carboxylic acids is 1. The quantitative estimate of drug-likeness (QED) is 0.668. The zero-order valence-electron chi connectivity index (χ0n) is 16.5. The summed E-state index contributed by atoms with van der Waals surface area (Å²) in [4.78, 5) is 12.2. The van der Waals surface area contributed by atoms with Gasteiger partial charge < -0.3 is 14.8 Å². The second-order valence-electron chi connectivity index (χ2n) is 6.36. The standard InChI is InChI=1S/C20H26N2O5S/c1-5-21-20(23)18-12-17(9-10-19(18)26-4)28(24,25)22-13-15-7-6-8-16(11-15)27-14(2)3/h6-12,14,22H,5,13H2,1-4H3,(H,21,23). The molecule has 1 amide bonds. The van der Waals surface area contributed by atoms with Crippen LogP contribution >= 0.6 is 0 Å². The number of ether oxygens (including phenoxy) is 2. The molecule has 7 nitrogen and oxygen atoms in total. The third-order valence-electron chi connectivity index (χ3n) is 3.80. The molecule has 2 rings (SSSR count). The summed E-state index contributed by atoms with van der Waals surface area (Å²) in [5, 5.41) is 2.65. The third-order valence-corrected chi connectivity index (χ3v) is 5.20. The molecule has 0 radical (unpaired) electrons. The number of sulfonamides is 1. The minimum atomic E-state index is -3.82. The van der Waals surface area contributed by atoms with E-state index in [1.165, 1.54) is 25.3 Å². The van der Waals surface area contributed by atoms with Crippen molar-refractivity contribution in [1.29, 1.82) is 0 Å². The Morgan fingerprint density at radius 3 is 2.54 bits per heavy atom. The molecule has 0 heterocycles. The van der Waals surface area contributed by atoms with Crippen LogP contribution in [0.3, 0.4) is 0 Å². The molecule has 0 aliphatic carbocycles. The Balaban J connectivity index is 2.21. The lowest BCUT2D eigenvalue weighted by Gasteiger charge is -2.13. The van der Waals surface area contributed by atoms with E-state index in [0.29, 0.717) is 18.0 Å². The lowest BCUT2D eigenvalue weighted by atomic mass is 10.2. The highest BCUT2D eigenvalue weighted by Gasteiger charge is 2.19. The van der Waals surface area contributed by atoms with E-state index in [1.54, 1.807) is 13.0 Å². The molecular weight excluding hydrogens is 380 g/mol. The van der Waals surface area contributed by atoms with Gasteiger partial charge >= 0.3 is 0 Å². The second kappa shape index (κ2) is 9.57. The molecule has 8 heteroatoms. The van der Waals surface area contributed by atoms with E-state index >= 15 is 0 Å². The normalized spacial score (nSPS) is 11.3. The van der Waals surface area contributed by atoms with Crippen molar-refractivity contribution in [2.45, 2.75) is 38.3 Å². The number of methoxy groups -OCH3 is 1. The Labute approximate surface area is 166 Å². The first-order chi connectivity index (χ1) is 13.3. The van der Waals surface area contributed by atoms with Crippen LogP contribution in [0.4, 0.5) is 0 Å². The van der Waals surface area contributed by atoms with Gasteiger partial charge in [-0.3, -0.25) is 4.79 Å². The number of nitrogens with one attached hydrogen (secondary N) is 2. The maximum absolute atomic E-state index is 12.7. The minimum Gasteiger partial charge on any atom is -0.496 e. The van der Waals surface area contributed by atoms with Gasteiger partial charge in [0.05, 0.1) is 23.7 Å². The van der Waals surface area contributed by atoms with E-state index in [0.717, 1.165) is 5.56 Å². The number of hydrogen-bond donors (Lipinski definition) is 2. The SMILES string of the molecule is CCNC(=O)c1cc(S(=O)(=O)NCc2cccc(OC(C)C)c2)ccc1OC. The summed E-state index contributed by atoms with van der Waals surface area (Å²) in [5.41, 5.74) is 0.929. The monoisotopic (exact) mass is 406 g/mol. The molecule has 0 aliphatic heterocycles. The van der Waals surface area contributed by atoms with Crippen molar-refractivity contribution in [3.8, 4) is 11.5 Å². The fraction of sp³-hybridized carbons (Fsp3) is 0.350. The maximum atomic E-state index is 12.7. The van der Waals surface area contributed by atoms with Gasteiger partial charge in [-0.05, 0) is 56.7 Å². The largest absolute Gasteiger partial charge is 0.496 e. The summed E-state index contributed by atoms with van der Waals surface area (Å²) in [6, 6.07) is 11.4. The zero-order chi connectivity index (χ0) is 20.7. The fourth-order valence-corrected chi connectivity index (χ4v) is 3.59. The van der Waals surface area contributed by atoms with E-state index in [1.807, 2.05) is 32.0 Å². The van der Waals surface area contributed by atoms with Crippen LogP contribution in [0.15, 0.2) is 47.4 Å². The molecular formula is C20H26N2O5S. The van der Waals surface area contributed by atoms with Crippen molar-refractivity contribution in [1.82, 2.24) is 10.0 Å². The summed E-state index contributed by atoms with van der Waals surface area (Å²) < 4.78 is 38.7. The van der Waals surface area contributed by atoms with Crippen molar-refractivity contribution >= 4 is 15.9 Å². The van der Waals surface area contributed by atoms with Gasteiger partial charge in [-0.1, -0.05) is 12.1 Å². The van der Waals surface area contributed by atoms with Gasteiger partial charge in [0, 0.05) is 13.1 Å². The molecule has 0 unspecified atom stereocenters. The van der Waals surface area contributed by atoms with Crippen LogP contribution in [0.5, 0.6) is 11.5 Å². The van der Waals surface area contributed by atoms with E-state index in [-0.39, 0.29) is 23.1 Å². The molecule has 0 aromatic heterocycles. The Morgan fingerprint density at radius 2 is 1.89 bits per heavy atom. The average Bonchev–Trinajstić information content (AvgIpc) is 2.66. The zero-order valence-corrected chi connectivity index (χ0v) is 17.3. The number of carbonyl (C=O) groups is 1. The second-order valence-corrected chi connectivity index (χ2v) is 8.13. The Kier molecular flexibility index (Phi) is 7.42. The van der Waals surface area contributed by atoms with Crippen LogP contribution in [0, 0.1) is 0 Å². The molecule has 0 aliphatic rings. The van der Waals surface area contributed by atoms with Crippen molar-refractivity contribution in [3.05, 3.63) is 53.6 Å². The Morgan fingerprint density at radius 1 is 1.14 bits per heavy atom. The highest BCUT2D eigenvalue weighted by atomic mass is 32.2. The van der Waals surface area contributed by atoms with Crippen LogP contribution in [0.1, 0.15) is 36.7 Å². The van der Waals surface area contributed by atoms with Crippen LogP contribution in [0.25, 0.3) is 0 Å². The highest BCUT2D eigenvalue weighted by molar-refractivity contribution is 7.89. The van der Waals surface area contributed by atoms with Crippen LogP contribution in [0.2, 0.25) is 0 Å². The van der Waals surface area contributed by atoms with E-state index in [2.05, 4.69) is 10.0 Å². The average molecular weight is 407 g/mol. The Bertz CT molecular complexity index is 926. The maximum Gasteiger partial charge on any atom is 0.255 e. The predicted molar refractivity (Wildman–Crippen MR) is 107 cm³/mol. The first-order valence-corrected chi connectivity index (χ1v) is 10.5. The van der Waals surface area contributed by atoms with Gasteiger partial charge in [0.1, 0.15) is 11.5 Å². The molecule has 152 valence electrons. The van der Waals surface area contributed by atoms with Gasteiger partial charge in [-0.2, -0.15) is 0 Å². The van der Waals surface area contributed by atoms with Crippen molar-refractivity contribution in [3.63, 3.8) is 0 Å². The lowest BCUT2D eigenvalue weighted by Crippen LogP contribution is -2.26. The minimum absolute atomic E-state index is 0.0101. The third kappa shape index (κ3) is 5.71. The predicted octanol–water partition coefficient (Wildman–Crippen LogP) is 2.71. The topological polar surface area (TPSA) is 93.7 Å². The summed E-state index contributed by atoms with van der Waals surface area (Å²) in [7, 11) is -2.39. The van der Waals surface area contributed by atoms with Crippen molar-refractivity contribution < 1.29 is 22.7 Å². The van der Waals surface area contributed by atoms with E-state index < -0.39 is 15.9 Å². The molecule has 2 N–H and O–H groups in total. The van der Waals surface area contributed by atoms with Crippen LogP contribution in [-0.2, 0) is 16.6 Å². The van der Waals surface area contributed by atoms with Gasteiger partial charge in [0.2, 0.25) is 10.0 Å². The summed E-state index contributed by atoms with van der Waals surface area (Å²) in [6.45, 7) is 6.15. The van der Waals surface area contributed by atoms with E-state index in [4.69, 9.17) is 9.47 Å². The van der Waals surface area contributed by atoms with Gasteiger partial charge in [0.15, 0.2) is 0 Å². The molecule has 2 aromatic rings. The van der Waals surface area contributed by atoms with Gasteiger partial charge in [-0.25, -0.2) is 13.1 Å². The molecule has 2 aromatic carbocycles. The fourth-order valence-electron chi connectivity index (χ4n) is 2.55. The van der Waals surface area contributed by atoms with Gasteiger partial charge in [0.25, 0.3) is 5.91 Å². The van der Waals surface area contributed by atoms with E-state index in [9.17, 15) is 13.2 Å². The Hall–Kier alpha value is -2.58. The van der Waals surface area contributed by atoms with Crippen molar-refractivity contribution in [2.24, 2.45) is 0 Å². The molecule has 0 fully saturated rings. The number of amides is 1. The summed E-state index contributed by atoms with van der Waals surface area (Å²) >= 11 is 0. The molecule has 0 bridgehead atoms. The lowest BCUT2D eigenvalue weighted by molar-refractivity contribution is 0.0952. The molecule has 0 spiro atoms. The van der Waals surface area contributed by atoms with Crippen LogP contribution < -0.4 is 19.5 Å². The highest BCUT2D eigenvalue weighted by Crippen LogP contribution is 2.23. The number of rotatable bonds is 9. The molecule has 0 atom stereocenters. The van der Waals surface area contributed by atoms with Crippen molar-refractivity contribution in [2.75, 3.05) is 13.7 Å².